The van der Waals surface area contributed by atoms with Gasteiger partial charge in [-0.05, 0) is 26.2 Å². The van der Waals surface area contributed by atoms with Gasteiger partial charge in [0.05, 0.1) is 17.2 Å². The molecule has 8 heteroatoms. The van der Waals surface area contributed by atoms with Crippen molar-refractivity contribution in [2.75, 3.05) is 32.9 Å². The number of likely N-dealkylation sites (tertiary alicyclic amines) is 1. The molecule has 2 saturated heterocycles. The number of fused-ring (bicyclic) bond motifs is 1. The van der Waals surface area contributed by atoms with Gasteiger partial charge in [0.15, 0.2) is 22.0 Å². The molecule has 0 unspecified atom stereocenters. The number of rotatable bonds is 3. The minimum absolute atomic E-state index is 0.0209. The van der Waals surface area contributed by atoms with Crippen LogP contribution in [0.15, 0.2) is 41.3 Å². The molecule has 3 atom stereocenters. The SMILES string of the molecule is CN(C)[C@@H]1CS(=O)(=O)[C@H]2CN(C(=O)c3ccc(-c4cnco4)cc3)C[C@@H]12. The summed E-state index contributed by atoms with van der Waals surface area (Å²) in [4.78, 5) is 20.4. The van der Waals surface area contributed by atoms with Crippen LogP contribution in [-0.2, 0) is 9.84 Å². The van der Waals surface area contributed by atoms with Gasteiger partial charge in [0, 0.05) is 36.2 Å². The first-order chi connectivity index (χ1) is 12.4. The smallest absolute Gasteiger partial charge is 0.253 e. The van der Waals surface area contributed by atoms with Crippen molar-refractivity contribution in [2.45, 2.75) is 11.3 Å². The Morgan fingerprint density at radius 1 is 1.23 bits per heavy atom. The number of amides is 1. The minimum atomic E-state index is -3.16. The van der Waals surface area contributed by atoms with Gasteiger partial charge in [-0.25, -0.2) is 13.4 Å². The molecule has 2 aromatic rings. The van der Waals surface area contributed by atoms with Crippen LogP contribution in [0.25, 0.3) is 11.3 Å². The zero-order valence-electron chi connectivity index (χ0n) is 14.7. The molecule has 2 fully saturated rings. The molecule has 7 nitrogen and oxygen atoms in total. The van der Waals surface area contributed by atoms with E-state index in [1.54, 1.807) is 23.2 Å². The molecule has 0 aliphatic carbocycles. The minimum Gasteiger partial charge on any atom is -0.444 e. The second kappa shape index (κ2) is 6.21. The lowest BCUT2D eigenvalue weighted by molar-refractivity contribution is 0.0779. The Kier molecular flexibility index (Phi) is 4.11. The summed E-state index contributed by atoms with van der Waals surface area (Å²) in [6, 6.07) is 7.07. The number of oxazole rings is 1. The molecule has 1 aromatic heterocycles. The number of hydrogen-bond acceptors (Lipinski definition) is 6. The fourth-order valence-corrected chi connectivity index (χ4v) is 6.53. The molecule has 0 spiro atoms. The quantitative estimate of drug-likeness (QED) is 0.800. The first-order valence-corrected chi connectivity index (χ1v) is 10.2. The summed E-state index contributed by atoms with van der Waals surface area (Å²) in [6.45, 7) is 0.759. The van der Waals surface area contributed by atoms with E-state index in [0.717, 1.165) is 5.56 Å². The van der Waals surface area contributed by atoms with Crippen molar-refractivity contribution < 1.29 is 17.6 Å². The number of benzene rings is 1. The van der Waals surface area contributed by atoms with Crippen molar-refractivity contribution in [3.05, 3.63) is 42.4 Å². The van der Waals surface area contributed by atoms with Crippen LogP contribution < -0.4 is 0 Å². The van der Waals surface area contributed by atoms with Gasteiger partial charge in [-0.15, -0.1) is 0 Å². The van der Waals surface area contributed by atoms with Crippen LogP contribution >= 0.6 is 0 Å². The molecule has 4 rings (SSSR count). The summed E-state index contributed by atoms with van der Waals surface area (Å²) in [7, 11) is 0.638. The highest BCUT2D eigenvalue weighted by molar-refractivity contribution is 7.92. The van der Waals surface area contributed by atoms with Gasteiger partial charge in [0.2, 0.25) is 0 Å². The predicted molar refractivity (Wildman–Crippen MR) is 96.4 cm³/mol. The van der Waals surface area contributed by atoms with Gasteiger partial charge in [-0.2, -0.15) is 0 Å². The van der Waals surface area contributed by atoms with Crippen LogP contribution in [-0.4, -0.2) is 73.3 Å². The lowest BCUT2D eigenvalue weighted by atomic mass is 10.00. The first kappa shape index (κ1) is 17.2. The average Bonchev–Trinajstić information content (AvgIpc) is 3.32. The summed E-state index contributed by atoms with van der Waals surface area (Å²) in [5.74, 6) is 0.673. The normalized spacial score (nSPS) is 27.0. The second-order valence-corrected chi connectivity index (χ2v) is 9.48. The molecule has 26 heavy (non-hydrogen) atoms. The van der Waals surface area contributed by atoms with Crippen molar-refractivity contribution in [2.24, 2.45) is 5.92 Å². The maximum Gasteiger partial charge on any atom is 0.253 e. The highest BCUT2D eigenvalue weighted by Crippen LogP contribution is 2.36. The van der Waals surface area contributed by atoms with E-state index in [1.807, 2.05) is 31.1 Å². The van der Waals surface area contributed by atoms with Crippen molar-refractivity contribution in [3.8, 4) is 11.3 Å². The Labute approximate surface area is 152 Å². The number of carbonyl (C=O) groups excluding carboxylic acids is 1. The van der Waals surface area contributed by atoms with Crippen LogP contribution in [0.3, 0.4) is 0 Å². The van der Waals surface area contributed by atoms with Crippen LogP contribution in [0.4, 0.5) is 0 Å². The van der Waals surface area contributed by atoms with E-state index in [9.17, 15) is 13.2 Å². The molecule has 1 amide bonds. The van der Waals surface area contributed by atoms with Crippen molar-refractivity contribution in [1.82, 2.24) is 14.8 Å². The molecular weight excluding hydrogens is 354 g/mol. The standard InChI is InChI=1S/C18H21N3O4S/c1-20(2)15-10-26(23,24)17-9-21(8-14(15)17)18(22)13-5-3-12(4-6-13)16-7-19-11-25-16/h3-7,11,14-15,17H,8-10H2,1-2H3/t14-,15+,17-/m0/s1. The molecule has 3 heterocycles. The summed E-state index contributed by atoms with van der Waals surface area (Å²) in [6.07, 6.45) is 2.98. The fraction of sp³-hybridized carbons (Fsp3) is 0.444. The molecule has 1 aromatic carbocycles. The van der Waals surface area contributed by atoms with E-state index >= 15 is 0 Å². The van der Waals surface area contributed by atoms with Gasteiger partial charge in [-0.1, -0.05) is 12.1 Å². The molecular formula is C18H21N3O4S. The van der Waals surface area contributed by atoms with E-state index in [-0.39, 0.29) is 30.2 Å². The van der Waals surface area contributed by atoms with Gasteiger partial charge < -0.3 is 14.2 Å². The van der Waals surface area contributed by atoms with Gasteiger partial charge >= 0.3 is 0 Å². The van der Waals surface area contributed by atoms with E-state index < -0.39 is 15.1 Å². The van der Waals surface area contributed by atoms with E-state index in [2.05, 4.69) is 4.98 Å². The summed E-state index contributed by atoms with van der Waals surface area (Å²) < 4.78 is 30.2. The highest BCUT2D eigenvalue weighted by atomic mass is 32.2. The monoisotopic (exact) mass is 375 g/mol. The average molecular weight is 375 g/mol. The molecule has 0 N–H and O–H groups in total. The van der Waals surface area contributed by atoms with Gasteiger partial charge in [0.25, 0.3) is 5.91 Å². The Morgan fingerprint density at radius 2 is 1.96 bits per heavy atom. The van der Waals surface area contributed by atoms with Crippen LogP contribution in [0, 0.1) is 5.92 Å². The second-order valence-electron chi connectivity index (χ2n) is 7.22. The van der Waals surface area contributed by atoms with E-state index in [1.165, 1.54) is 6.39 Å². The van der Waals surface area contributed by atoms with Crippen molar-refractivity contribution in [1.29, 1.82) is 0 Å². The topological polar surface area (TPSA) is 83.7 Å². The van der Waals surface area contributed by atoms with Crippen molar-refractivity contribution >= 4 is 15.7 Å². The third-order valence-electron chi connectivity index (χ3n) is 5.47. The highest BCUT2D eigenvalue weighted by Gasteiger charge is 2.53. The Bertz CT molecular complexity index is 906. The zero-order chi connectivity index (χ0) is 18.5. The third kappa shape index (κ3) is 2.83. The first-order valence-electron chi connectivity index (χ1n) is 8.53. The Balaban J connectivity index is 1.53. The number of hydrogen-bond donors (Lipinski definition) is 0. The summed E-state index contributed by atoms with van der Waals surface area (Å²) >= 11 is 0. The number of carbonyl (C=O) groups is 1. The maximum atomic E-state index is 12.8. The maximum absolute atomic E-state index is 12.8. The molecule has 0 radical (unpaired) electrons. The van der Waals surface area contributed by atoms with Crippen LogP contribution in [0.2, 0.25) is 0 Å². The zero-order valence-corrected chi connectivity index (χ0v) is 15.5. The third-order valence-corrected chi connectivity index (χ3v) is 7.69. The van der Waals surface area contributed by atoms with Crippen molar-refractivity contribution in [3.63, 3.8) is 0 Å². The van der Waals surface area contributed by atoms with Gasteiger partial charge in [-0.3, -0.25) is 4.79 Å². The summed E-state index contributed by atoms with van der Waals surface area (Å²) in [5, 5.41) is -0.452. The van der Waals surface area contributed by atoms with Crippen LogP contribution in [0.5, 0.6) is 0 Å². The Hall–Kier alpha value is -2.19. The molecule has 0 bridgehead atoms. The largest absolute Gasteiger partial charge is 0.444 e. The molecule has 138 valence electrons. The number of nitrogens with zero attached hydrogens (tertiary/aromatic N) is 3. The molecule has 2 aliphatic heterocycles. The molecule has 2 aliphatic rings. The Morgan fingerprint density at radius 3 is 2.58 bits per heavy atom. The van der Waals surface area contributed by atoms with Gasteiger partial charge in [0.1, 0.15) is 0 Å². The lowest BCUT2D eigenvalue weighted by Crippen LogP contribution is -2.38. The lowest BCUT2D eigenvalue weighted by Gasteiger charge is -2.25. The van der Waals surface area contributed by atoms with E-state index in [4.69, 9.17) is 4.42 Å². The molecule has 0 saturated carbocycles. The number of sulfone groups is 1. The number of aromatic nitrogens is 1. The summed E-state index contributed by atoms with van der Waals surface area (Å²) in [5.41, 5.74) is 1.39. The van der Waals surface area contributed by atoms with E-state index in [0.29, 0.717) is 17.9 Å². The predicted octanol–water partition coefficient (Wildman–Crippen LogP) is 1.14. The van der Waals surface area contributed by atoms with Crippen LogP contribution in [0.1, 0.15) is 10.4 Å². The fourth-order valence-electron chi connectivity index (χ4n) is 4.05.